The number of benzene rings is 2. The van der Waals surface area contributed by atoms with E-state index in [1.807, 2.05) is 45.0 Å². The van der Waals surface area contributed by atoms with Gasteiger partial charge in [-0.15, -0.1) is 0 Å². The van der Waals surface area contributed by atoms with Gasteiger partial charge in [0.15, 0.2) is 0 Å². The number of nitrogens with one attached hydrogen (secondary N) is 1. The first-order valence-corrected chi connectivity index (χ1v) is 13.0. The number of sulfonamides is 1. The zero-order valence-corrected chi connectivity index (χ0v) is 21.4. The first-order chi connectivity index (χ1) is 16.3. The number of amides is 2. The Morgan fingerprint density at radius 1 is 1.09 bits per heavy atom. The van der Waals surface area contributed by atoms with E-state index in [0.29, 0.717) is 6.54 Å². The van der Waals surface area contributed by atoms with Crippen molar-refractivity contribution >= 4 is 33.2 Å². The van der Waals surface area contributed by atoms with Gasteiger partial charge >= 0.3 is 0 Å². The van der Waals surface area contributed by atoms with Crippen LogP contribution in [0.2, 0.25) is 0 Å². The van der Waals surface area contributed by atoms with E-state index in [0.717, 1.165) is 27.8 Å². The molecule has 0 aliphatic rings. The average molecular weight is 505 g/mol. The van der Waals surface area contributed by atoms with E-state index in [2.05, 4.69) is 5.32 Å². The van der Waals surface area contributed by atoms with E-state index in [9.17, 15) is 28.1 Å². The monoisotopic (exact) mass is 504 g/mol. The van der Waals surface area contributed by atoms with Crippen LogP contribution in [0.15, 0.2) is 48.5 Å². The molecule has 2 aromatic rings. The predicted molar refractivity (Wildman–Crippen MR) is 134 cm³/mol. The summed E-state index contributed by atoms with van der Waals surface area (Å²) in [5, 5.41) is 14.0. The van der Waals surface area contributed by atoms with Gasteiger partial charge in [-0.1, -0.05) is 44.2 Å². The summed E-state index contributed by atoms with van der Waals surface area (Å²) in [5.74, 6) is -0.763. The molecule has 0 aliphatic heterocycles. The normalized spacial score (nSPS) is 12.2. The van der Waals surface area contributed by atoms with Crippen LogP contribution in [0.1, 0.15) is 31.9 Å². The van der Waals surface area contributed by atoms with Crippen molar-refractivity contribution in [3.63, 3.8) is 0 Å². The standard InChI is InChI=1S/C24H32N4O6S/c1-17(2)14-25-24(30)19(4)26(15-20-10-7-6-9-18(20)3)23(29)16-27(35(5,33)34)21-11-8-12-22(13-21)28(31)32/h6-13,17,19H,14-16H2,1-5H3,(H,25,30). The second kappa shape index (κ2) is 11.8. The van der Waals surface area contributed by atoms with E-state index in [-0.39, 0.29) is 29.7 Å². The Kier molecular flexibility index (Phi) is 9.35. The number of anilines is 1. The molecule has 0 aromatic heterocycles. The summed E-state index contributed by atoms with van der Waals surface area (Å²) in [6, 6.07) is 11.6. The third-order valence-corrected chi connectivity index (χ3v) is 6.60. The molecule has 0 fully saturated rings. The number of aryl methyl sites for hydroxylation is 1. The first kappa shape index (κ1) is 27.8. The van der Waals surface area contributed by atoms with E-state index in [4.69, 9.17) is 0 Å². The van der Waals surface area contributed by atoms with E-state index in [1.54, 1.807) is 6.92 Å². The van der Waals surface area contributed by atoms with Crippen molar-refractivity contribution in [2.24, 2.45) is 5.92 Å². The molecule has 35 heavy (non-hydrogen) atoms. The molecular formula is C24H32N4O6S. The highest BCUT2D eigenvalue weighted by Crippen LogP contribution is 2.24. The fourth-order valence-corrected chi connectivity index (χ4v) is 4.22. The molecule has 2 rings (SSSR count). The molecule has 1 atom stereocenters. The van der Waals surface area contributed by atoms with Crippen LogP contribution < -0.4 is 9.62 Å². The van der Waals surface area contributed by atoms with Gasteiger partial charge in [-0.2, -0.15) is 0 Å². The summed E-state index contributed by atoms with van der Waals surface area (Å²) in [4.78, 5) is 38.2. The summed E-state index contributed by atoms with van der Waals surface area (Å²) in [5.41, 5.74) is 1.41. The Balaban J connectivity index is 2.42. The molecular weight excluding hydrogens is 472 g/mol. The number of carbonyl (C=O) groups is 2. The molecule has 0 aliphatic carbocycles. The molecule has 0 bridgehead atoms. The highest BCUT2D eigenvalue weighted by Gasteiger charge is 2.30. The van der Waals surface area contributed by atoms with Crippen LogP contribution >= 0.6 is 0 Å². The Bertz CT molecular complexity index is 1180. The van der Waals surface area contributed by atoms with E-state index >= 15 is 0 Å². The summed E-state index contributed by atoms with van der Waals surface area (Å²) in [7, 11) is -3.97. The highest BCUT2D eigenvalue weighted by molar-refractivity contribution is 7.92. The van der Waals surface area contributed by atoms with Gasteiger partial charge in [0.05, 0.1) is 16.9 Å². The number of nitro benzene ring substituents is 1. The van der Waals surface area contributed by atoms with Gasteiger partial charge in [0.25, 0.3) is 5.69 Å². The van der Waals surface area contributed by atoms with Gasteiger partial charge in [-0.25, -0.2) is 8.42 Å². The lowest BCUT2D eigenvalue weighted by molar-refractivity contribution is -0.384. The van der Waals surface area contributed by atoms with Crippen molar-refractivity contribution in [1.82, 2.24) is 10.2 Å². The van der Waals surface area contributed by atoms with Crippen molar-refractivity contribution < 1.29 is 22.9 Å². The zero-order valence-electron chi connectivity index (χ0n) is 20.6. The minimum absolute atomic E-state index is 0.0113. The predicted octanol–water partition coefficient (Wildman–Crippen LogP) is 2.86. The molecule has 0 saturated carbocycles. The topological polar surface area (TPSA) is 130 Å². The smallest absolute Gasteiger partial charge is 0.271 e. The van der Waals surface area contributed by atoms with Gasteiger partial charge in [0.2, 0.25) is 21.8 Å². The van der Waals surface area contributed by atoms with Gasteiger partial charge in [-0.05, 0) is 37.0 Å². The van der Waals surface area contributed by atoms with Crippen molar-refractivity contribution in [1.29, 1.82) is 0 Å². The Morgan fingerprint density at radius 2 is 1.74 bits per heavy atom. The molecule has 0 heterocycles. The number of hydrogen-bond acceptors (Lipinski definition) is 6. The zero-order chi connectivity index (χ0) is 26.3. The number of rotatable bonds is 11. The number of hydrogen-bond donors (Lipinski definition) is 1. The first-order valence-electron chi connectivity index (χ1n) is 11.1. The summed E-state index contributed by atoms with van der Waals surface area (Å²) in [6.45, 7) is 7.27. The Labute approximate surface area is 206 Å². The lowest BCUT2D eigenvalue weighted by Gasteiger charge is -2.32. The van der Waals surface area contributed by atoms with Crippen molar-refractivity contribution in [2.45, 2.75) is 40.3 Å². The molecule has 0 spiro atoms. The van der Waals surface area contributed by atoms with Crippen LogP contribution in [0.25, 0.3) is 0 Å². The number of nitrogens with zero attached hydrogens (tertiary/aromatic N) is 3. The fourth-order valence-electron chi connectivity index (χ4n) is 3.38. The molecule has 1 unspecified atom stereocenters. The van der Waals surface area contributed by atoms with Crippen molar-refractivity contribution in [2.75, 3.05) is 23.7 Å². The lowest BCUT2D eigenvalue weighted by atomic mass is 10.1. The van der Waals surface area contributed by atoms with Crippen LogP contribution in [0.5, 0.6) is 0 Å². The highest BCUT2D eigenvalue weighted by atomic mass is 32.2. The molecule has 0 saturated heterocycles. The second-order valence-corrected chi connectivity index (χ2v) is 10.7. The molecule has 1 N–H and O–H groups in total. The van der Waals surface area contributed by atoms with Crippen LogP contribution in [-0.4, -0.2) is 55.4 Å². The third-order valence-electron chi connectivity index (χ3n) is 5.46. The van der Waals surface area contributed by atoms with Gasteiger partial charge in [0, 0.05) is 25.2 Å². The largest absolute Gasteiger partial charge is 0.354 e. The van der Waals surface area contributed by atoms with Crippen LogP contribution in [0, 0.1) is 23.0 Å². The Morgan fingerprint density at radius 3 is 2.31 bits per heavy atom. The van der Waals surface area contributed by atoms with Gasteiger partial charge < -0.3 is 10.2 Å². The number of carbonyl (C=O) groups excluding carboxylic acids is 2. The van der Waals surface area contributed by atoms with Crippen LogP contribution in [0.4, 0.5) is 11.4 Å². The maximum atomic E-state index is 13.5. The molecule has 0 radical (unpaired) electrons. The Hall–Kier alpha value is -3.47. The average Bonchev–Trinajstić information content (AvgIpc) is 2.79. The van der Waals surface area contributed by atoms with Crippen molar-refractivity contribution in [3.8, 4) is 0 Å². The lowest BCUT2D eigenvalue weighted by Crippen LogP contribution is -2.51. The number of nitro groups is 1. The third kappa shape index (κ3) is 7.78. The summed E-state index contributed by atoms with van der Waals surface area (Å²) < 4.78 is 26.0. The quantitative estimate of drug-likeness (QED) is 0.370. The maximum absolute atomic E-state index is 13.5. The van der Waals surface area contributed by atoms with E-state index in [1.165, 1.54) is 23.1 Å². The fraction of sp³-hybridized carbons (Fsp3) is 0.417. The number of non-ortho nitro benzene ring substituents is 1. The molecule has 2 amide bonds. The van der Waals surface area contributed by atoms with Gasteiger partial charge in [0.1, 0.15) is 12.6 Å². The minimum Gasteiger partial charge on any atom is -0.354 e. The molecule has 190 valence electrons. The minimum atomic E-state index is -3.97. The van der Waals surface area contributed by atoms with Crippen molar-refractivity contribution in [3.05, 3.63) is 69.8 Å². The molecule has 10 nitrogen and oxygen atoms in total. The van der Waals surface area contributed by atoms with E-state index < -0.39 is 33.4 Å². The molecule has 2 aromatic carbocycles. The maximum Gasteiger partial charge on any atom is 0.271 e. The summed E-state index contributed by atoms with van der Waals surface area (Å²) >= 11 is 0. The van der Waals surface area contributed by atoms with Crippen LogP contribution in [0.3, 0.4) is 0 Å². The second-order valence-electron chi connectivity index (χ2n) is 8.81. The summed E-state index contributed by atoms with van der Waals surface area (Å²) in [6.07, 6.45) is 0.920. The van der Waals surface area contributed by atoms with Gasteiger partial charge in [-0.3, -0.25) is 24.0 Å². The SMILES string of the molecule is Cc1ccccc1CN(C(=O)CN(c1cccc([N+](=O)[O-])c1)S(C)(=O)=O)C(C)C(=O)NCC(C)C. The molecule has 11 heteroatoms. The van der Waals surface area contributed by atoms with Crippen LogP contribution in [-0.2, 0) is 26.2 Å².